The predicted molar refractivity (Wildman–Crippen MR) is 85.3 cm³/mol. The largest absolute Gasteiger partial charge is 0.345 e. The summed E-state index contributed by atoms with van der Waals surface area (Å²) in [7, 11) is 0. The van der Waals surface area contributed by atoms with Gasteiger partial charge in [-0.2, -0.15) is 0 Å². The Hall–Kier alpha value is -0.890. The second-order valence-corrected chi connectivity index (χ2v) is 7.48. The molecule has 1 fully saturated rings. The van der Waals surface area contributed by atoms with Gasteiger partial charge in [0.15, 0.2) is 0 Å². The SMILES string of the molecule is O=C(NC(Cc1cccs1)c1nccs1)C1CSCN1. The average Bonchev–Trinajstić information content (AvgIpc) is 3.20. The fourth-order valence-electron chi connectivity index (χ4n) is 2.07. The molecule has 0 aromatic carbocycles. The van der Waals surface area contributed by atoms with Crippen LogP contribution in [0.4, 0.5) is 0 Å². The summed E-state index contributed by atoms with van der Waals surface area (Å²) in [6, 6.07) is 4.02. The Kier molecular flexibility index (Phi) is 4.72. The number of nitrogens with one attached hydrogen (secondary N) is 2. The van der Waals surface area contributed by atoms with Gasteiger partial charge in [0.1, 0.15) is 5.01 Å². The molecule has 4 nitrogen and oxygen atoms in total. The molecule has 0 saturated carbocycles. The van der Waals surface area contributed by atoms with E-state index in [1.54, 1.807) is 40.6 Å². The first-order valence-corrected chi connectivity index (χ1v) is 9.27. The van der Waals surface area contributed by atoms with E-state index in [0.29, 0.717) is 0 Å². The number of thiophene rings is 1. The monoisotopic (exact) mass is 325 g/mol. The molecule has 0 aliphatic carbocycles. The van der Waals surface area contributed by atoms with E-state index in [1.165, 1.54) is 4.88 Å². The van der Waals surface area contributed by atoms with Crippen LogP contribution in [0, 0.1) is 0 Å². The zero-order valence-corrected chi connectivity index (χ0v) is 13.2. The van der Waals surface area contributed by atoms with Crippen LogP contribution in [0.2, 0.25) is 0 Å². The van der Waals surface area contributed by atoms with Gasteiger partial charge >= 0.3 is 0 Å². The highest BCUT2D eigenvalue weighted by Crippen LogP contribution is 2.23. The number of carbonyl (C=O) groups is 1. The summed E-state index contributed by atoms with van der Waals surface area (Å²) in [6.45, 7) is 0. The molecule has 0 spiro atoms. The minimum absolute atomic E-state index is 0.0338. The normalized spacial score (nSPS) is 19.9. The highest BCUT2D eigenvalue weighted by atomic mass is 32.2. The minimum atomic E-state index is -0.0780. The number of amides is 1. The van der Waals surface area contributed by atoms with Crippen molar-refractivity contribution in [2.45, 2.75) is 18.5 Å². The lowest BCUT2D eigenvalue weighted by Gasteiger charge is -2.18. The molecule has 20 heavy (non-hydrogen) atoms. The van der Waals surface area contributed by atoms with Crippen molar-refractivity contribution in [1.82, 2.24) is 15.6 Å². The Balaban J connectivity index is 1.70. The maximum atomic E-state index is 12.3. The molecule has 2 N–H and O–H groups in total. The lowest BCUT2D eigenvalue weighted by molar-refractivity contribution is -0.123. The number of hydrogen-bond acceptors (Lipinski definition) is 6. The Bertz CT molecular complexity index is 535. The number of thioether (sulfide) groups is 1. The van der Waals surface area contributed by atoms with Crippen molar-refractivity contribution in [3.8, 4) is 0 Å². The zero-order valence-electron chi connectivity index (χ0n) is 10.7. The number of aromatic nitrogens is 1. The third kappa shape index (κ3) is 3.41. The van der Waals surface area contributed by atoms with Crippen LogP contribution in [-0.4, -0.2) is 28.6 Å². The standard InChI is InChI=1S/C13H15N3OS3/c17-12(11-7-18-8-15-11)16-10(13-14-3-5-20-13)6-9-2-1-4-19-9/h1-5,10-11,15H,6-8H2,(H,16,17). The topological polar surface area (TPSA) is 54.0 Å². The third-order valence-electron chi connectivity index (χ3n) is 3.08. The Morgan fingerprint density at radius 3 is 3.10 bits per heavy atom. The van der Waals surface area contributed by atoms with Gasteiger partial charge in [-0.3, -0.25) is 10.1 Å². The summed E-state index contributed by atoms with van der Waals surface area (Å²) >= 11 is 5.06. The van der Waals surface area contributed by atoms with E-state index >= 15 is 0 Å². The molecular weight excluding hydrogens is 310 g/mol. The van der Waals surface area contributed by atoms with Crippen molar-refractivity contribution < 1.29 is 4.79 Å². The van der Waals surface area contributed by atoms with Crippen molar-refractivity contribution in [1.29, 1.82) is 0 Å². The van der Waals surface area contributed by atoms with E-state index in [-0.39, 0.29) is 18.0 Å². The van der Waals surface area contributed by atoms with Crippen LogP contribution < -0.4 is 10.6 Å². The molecule has 1 amide bonds. The summed E-state index contributed by atoms with van der Waals surface area (Å²) < 4.78 is 0. The van der Waals surface area contributed by atoms with Gasteiger partial charge in [0.2, 0.25) is 5.91 Å². The molecule has 1 aliphatic rings. The molecule has 2 aromatic rings. The van der Waals surface area contributed by atoms with Gasteiger partial charge in [0.25, 0.3) is 0 Å². The summed E-state index contributed by atoms with van der Waals surface area (Å²) in [5.74, 6) is 1.77. The van der Waals surface area contributed by atoms with Gasteiger partial charge < -0.3 is 5.32 Å². The highest BCUT2D eigenvalue weighted by Gasteiger charge is 2.26. The lowest BCUT2D eigenvalue weighted by Crippen LogP contribution is -2.43. The molecule has 0 radical (unpaired) electrons. The fraction of sp³-hybridized carbons (Fsp3) is 0.385. The molecule has 2 aromatic heterocycles. The van der Waals surface area contributed by atoms with Crippen LogP contribution in [0.1, 0.15) is 15.9 Å². The molecule has 1 aliphatic heterocycles. The molecule has 7 heteroatoms. The molecule has 2 unspecified atom stereocenters. The first-order valence-electron chi connectivity index (χ1n) is 6.36. The predicted octanol–water partition coefficient (Wildman–Crippen LogP) is 2.27. The van der Waals surface area contributed by atoms with Crippen LogP contribution in [0.3, 0.4) is 0 Å². The number of nitrogens with zero attached hydrogens (tertiary/aromatic N) is 1. The van der Waals surface area contributed by atoms with Gasteiger partial charge in [-0.1, -0.05) is 6.07 Å². The van der Waals surface area contributed by atoms with Crippen molar-refractivity contribution in [3.63, 3.8) is 0 Å². The average molecular weight is 325 g/mol. The van der Waals surface area contributed by atoms with E-state index in [1.807, 2.05) is 11.4 Å². The third-order valence-corrected chi connectivity index (χ3v) is 5.81. The van der Waals surface area contributed by atoms with E-state index < -0.39 is 0 Å². The van der Waals surface area contributed by atoms with Crippen molar-refractivity contribution in [3.05, 3.63) is 39.0 Å². The van der Waals surface area contributed by atoms with E-state index in [9.17, 15) is 4.79 Å². The highest BCUT2D eigenvalue weighted by molar-refractivity contribution is 7.99. The lowest BCUT2D eigenvalue weighted by atomic mass is 10.1. The van der Waals surface area contributed by atoms with Gasteiger partial charge in [-0.25, -0.2) is 4.98 Å². The van der Waals surface area contributed by atoms with Gasteiger partial charge in [0, 0.05) is 34.5 Å². The number of carbonyl (C=O) groups excluding carboxylic acids is 1. The van der Waals surface area contributed by atoms with Crippen LogP contribution >= 0.6 is 34.4 Å². The molecule has 2 atom stereocenters. The van der Waals surface area contributed by atoms with Crippen LogP contribution in [0.25, 0.3) is 0 Å². The van der Waals surface area contributed by atoms with Gasteiger partial charge in [-0.15, -0.1) is 34.4 Å². The van der Waals surface area contributed by atoms with Crippen molar-refractivity contribution in [2.75, 3.05) is 11.6 Å². The first-order chi connectivity index (χ1) is 9.83. The molecule has 3 heterocycles. The summed E-state index contributed by atoms with van der Waals surface area (Å²) in [5, 5.41) is 11.3. The molecule has 1 saturated heterocycles. The Morgan fingerprint density at radius 1 is 1.50 bits per heavy atom. The Labute approximate surface area is 130 Å². The van der Waals surface area contributed by atoms with Crippen LogP contribution in [0.15, 0.2) is 29.1 Å². The maximum absolute atomic E-state index is 12.3. The second kappa shape index (κ2) is 6.71. The number of rotatable bonds is 5. The van der Waals surface area contributed by atoms with Gasteiger partial charge in [0.05, 0.1) is 12.1 Å². The fourth-order valence-corrected chi connectivity index (χ4v) is 4.46. The Morgan fingerprint density at radius 2 is 2.45 bits per heavy atom. The van der Waals surface area contributed by atoms with Gasteiger partial charge in [-0.05, 0) is 11.4 Å². The van der Waals surface area contributed by atoms with Crippen molar-refractivity contribution >= 4 is 40.3 Å². The zero-order chi connectivity index (χ0) is 13.8. The number of hydrogen-bond donors (Lipinski definition) is 2. The molecular formula is C13H15N3OS3. The summed E-state index contributed by atoms with van der Waals surface area (Å²) in [5.41, 5.74) is 0. The van der Waals surface area contributed by atoms with Crippen LogP contribution in [-0.2, 0) is 11.2 Å². The first kappa shape index (κ1) is 14.1. The quantitative estimate of drug-likeness (QED) is 0.885. The molecule has 3 rings (SSSR count). The van der Waals surface area contributed by atoms with E-state index in [0.717, 1.165) is 23.1 Å². The summed E-state index contributed by atoms with van der Waals surface area (Å²) in [6.07, 6.45) is 2.59. The summed E-state index contributed by atoms with van der Waals surface area (Å²) in [4.78, 5) is 17.9. The molecule has 106 valence electrons. The maximum Gasteiger partial charge on any atom is 0.238 e. The smallest absolute Gasteiger partial charge is 0.238 e. The molecule has 0 bridgehead atoms. The van der Waals surface area contributed by atoms with E-state index in [4.69, 9.17) is 0 Å². The van der Waals surface area contributed by atoms with Crippen LogP contribution in [0.5, 0.6) is 0 Å². The number of thiazole rings is 1. The minimum Gasteiger partial charge on any atom is -0.345 e. The second-order valence-electron chi connectivity index (χ2n) is 4.49. The van der Waals surface area contributed by atoms with Crippen molar-refractivity contribution in [2.24, 2.45) is 0 Å². The van der Waals surface area contributed by atoms with E-state index in [2.05, 4.69) is 27.1 Å².